The Morgan fingerprint density at radius 1 is 1.19 bits per heavy atom. The molecule has 0 unspecified atom stereocenters. The highest BCUT2D eigenvalue weighted by molar-refractivity contribution is 5.87. The molecule has 2 heterocycles. The minimum atomic E-state index is -0.255. The lowest BCUT2D eigenvalue weighted by atomic mass is 10.2. The van der Waals surface area contributed by atoms with Crippen molar-refractivity contribution in [3.63, 3.8) is 0 Å². The summed E-state index contributed by atoms with van der Waals surface area (Å²) in [5.74, 6) is 0.490. The third-order valence-corrected chi connectivity index (χ3v) is 4.91. The summed E-state index contributed by atoms with van der Waals surface area (Å²) >= 11 is 0. The quantitative estimate of drug-likeness (QED) is 0.615. The van der Waals surface area contributed by atoms with Crippen LogP contribution in [0.4, 0.5) is 0 Å². The Hall–Kier alpha value is -2.67. The van der Waals surface area contributed by atoms with E-state index in [-0.39, 0.29) is 18.0 Å². The Balaban J connectivity index is 1.72. The van der Waals surface area contributed by atoms with Crippen LogP contribution in [0.15, 0.2) is 35.1 Å². The topological polar surface area (TPSA) is 71.6 Å². The number of para-hydroxylation sites is 1. The molecule has 27 heavy (non-hydrogen) atoms. The Morgan fingerprint density at radius 3 is 2.67 bits per heavy atom. The number of rotatable bonds is 8. The molecule has 1 N–H and O–H groups in total. The van der Waals surface area contributed by atoms with Crippen LogP contribution in [0.1, 0.15) is 26.1 Å². The molecule has 0 saturated carbocycles. The molecular formula is C20H27N5O2. The molecule has 2 aromatic heterocycles. The number of nitrogens with zero attached hydrogens (tertiary/aromatic N) is 4. The summed E-state index contributed by atoms with van der Waals surface area (Å²) in [7, 11) is 0. The Bertz CT molecular complexity index is 1000. The minimum Gasteiger partial charge on any atom is -0.354 e. The SMILES string of the molecule is CCN(CC)CCCNC(=O)Cn1nc(C)n2c(cc3ccccc32)c1=O. The highest BCUT2D eigenvalue weighted by atomic mass is 16.2. The second-order valence-electron chi connectivity index (χ2n) is 6.66. The first-order valence-corrected chi connectivity index (χ1v) is 9.52. The lowest BCUT2D eigenvalue weighted by Crippen LogP contribution is -2.36. The largest absolute Gasteiger partial charge is 0.354 e. The second-order valence-corrected chi connectivity index (χ2v) is 6.66. The molecule has 7 nitrogen and oxygen atoms in total. The molecule has 0 atom stereocenters. The number of aryl methyl sites for hydroxylation is 1. The van der Waals surface area contributed by atoms with E-state index >= 15 is 0 Å². The molecule has 3 aromatic rings. The number of aromatic nitrogens is 3. The summed E-state index contributed by atoms with van der Waals surface area (Å²) in [5.41, 5.74) is 1.23. The van der Waals surface area contributed by atoms with E-state index in [9.17, 15) is 9.59 Å². The van der Waals surface area contributed by atoms with Gasteiger partial charge in [-0.25, -0.2) is 4.68 Å². The molecule has 0 aliphatic carbocycles. The number of fused-ring (bicyclic) bond motifs is 3. The average Bonchev–Trinajstić information content (AvgIpc) is 3.06. The maximum atomic E-state index is 12.8. The maximum absolute atomic E-state index is 12.8. The van der Waals surface area contributed by atoms with Gasteiger partial charge in [-0.3, -0.25) is 14.0 Å². The van der Waals surface area contributed by atoms with Crippen molar-refractivity contribution in [1.29, 1.82) is 0 Å². The Morgan fingerprint density at radius 2 is 1.93 bits per heavy atom. The highest BCUT2D eigenvalue weighted by Crippen LogP contribution is 2.18. The van der Waals surface area contributed by atoms with E-state index in [1.54, 1.807) is 0 Å². The molecule has 3 rings (SSSR count). The average molecular weight is 369 g/mol. The molecule has 0 aliphatic heterocycles. The zero-order valence-electron chi connectivity index (χ0n) is 16.2. The van der Waals surface area contributed by atoms with Gasteiger partial charge in [0.25, 0.3) is 5.56 Å². The zero-order chi connectivity index (χ0) is 19.4. The number of hydrogen-bond donors (Lipinski definition) is 1. The van der Waals surface area contributed by atoms with Gasteiger partial charge in [-0.2, -0.15) is 5.10 Å². The Labute approximate surface area is 158 Å². The fourth-order valence-electron chi connectivity index (χ4n) is 3.43. The molecular weight excluding hydrogens is 342 g/mol. The number of amides is 1. The summed E-state index contributed by atoms with van der Waals surface area (Å²) < 4.78 is 3.10. The van der Waals surface area contributed by atoms with Crippen molar-refractivity contribution >= 4 is 22.3 Å². The molecule has 0 saturated heterocycles. The molecule has 7 heteroatoms. The monoisotopic (exact) mass is 369 g/mol. The van der Waals surface area contributed by atoms with Crippen molar-refractivity contribution < 1.29 is 4.79 Å². The fraction of sp³-hybridized carbons (Fsp3) is 0.450. The number of nitrogens with one attached hydrogen (secondary N) is 1. The van der Waals surface area contributed by atoms with Crippen LogP contribution in [-0.4, -0.2) is 51.2 Å². The molecule has 0 fully saturated rings. The van der Waals surface area contributed by atoms with Gasteiger partial charge in [0.2, 0.25) is 5.91 Å². The lowest BCUT2D eigenvalue weighted by Gasteiger charge is -2.17. The van der Waals surface area contributed by atoms with Crippen molar-refractivity contribution in [3.8, 4) is 0 Å². The van der Waals surface area contributed by atoms with Crippen molar-refractivity contribution in [1.82, 2.24) is 24.4 Å². The van der Waals surface area contributed by atoms with Gasteiger partial charge >= 0.3 is 0 Å². The fourth-order valence-corrected chi connectivity index (χ4v) is 3.43. The first-order chi connectivity index (χ1) is 13.0. The van der Waals surface area contributed by atoms with Crippen LogP contribution in [0.3, 0.4) is 0 Å². The molecule has 144 valence electrons. The third-order valence-electron chi connectivity index (χ3n) is 4.91. The smallest absolute Gasteiger partial charge is 0.291 e. The molecule has 0 radical (unpaired) electrons. The Kier molecular flexibility index (Phi) is 5.91. The van der Waals surface area contributed by atoms with Crippen LogP contribution < -0.4 is 10.9 Å². The van der Waals surface area contributed by atoms with Gasteiger partial charge in [-0.05, 0) is 45.1 Å². The van der Waals surface area contributed by atoms with Gasteiger partial charge in [0, 0.05) is 11.9 Å². The molecule has 0 spiro atoms. The zero-order valence-corrected chi connectivity index (χ0v) is 16.2. The van der Waals surface area contributed by atoms with Crippen LogP contribution in [0.2, 0.25) is 0 Å². The van der Waals surface area contributed by atoms with E-state index in [1.807, 2.05) is 41.7 Å². The number of carbonyl (C=O) groups is 1. The van der Waals surface area contributed by atoms with Crippen LogP contribution in [0.5, 0.6) is 0 Å². The summed E-state index contributed by atoms with van der Waals surface area (Å²) in [6.45, 7) is 9.60. The highest BCUT2D eigenvalue weighted by Gasteiger charge is 2.13. The predicted octanol–water partition coefficient (Wildman–Crippen LogP) is 1.81. The number of carbonyl (C=O) groups excluding carboxylic acids is 1. The van der Waals surface area contributed by atoms with Gasteiger partial charge < -0.3 is 10.2 Å². The van der Waals surface area contributed by atoms with Crippen molar-refractivity contribution in [2.45, 2.75) is 33.7 Å². The second kappa shape index (κ2) is 8.35. The summed E-state index contributed by atoms with van der Waals surface area (Å²) in [6, 6.07) is 9.66. The van der Waals surface area contributed by atoms with Crippen molar-refractivity contribution in [2.75, 3.05) is 26.2 Å². The number of hydrogen-bond acceptors (Lipinski definition) is 4. The van der Waals surface area contributed by atoms with E-state index in [2.05, 4.69) is 29.2 Å². The molecule has 0 bridgehead atoms. The third kappa shape index (κ3) is 4.03. The first kappa shape index (κ1) is 19.1. The van der Waals surface area contributed by atoms with Gasteiger partial charge in [0.1, 0.15) is 17.9 Å². The van der Waals surface area contributed by atoms with Gasteiger partial charge in [-0.1, -0.05) is 32.0 Å². The predicted molar refractivity (Wildman–Crippen MR) is 107 cm³/mol. The lowest BCUT2D eigenvalue weighted by molar-refractivity contribution is -0.121. The summed E-state index contributed by atoms with van der Waals surface area (Å²) in [5, 5.41) is 8.21. The van der Waals surface area contributed by atoms with E-state index in [4.69, 9.17) is 0 Å². The van der Waals surface area contributed by atoms with E-state index < -0.39 is 0 Å². The maximum Gasteiger partial charge on any atom is 0.291 e. The van der Waals surface area contributed by atoms with Gasteiger partial charge in [0.15, 0.2) is 0 Å². The first-order valence-electron chi connectivity index (χ1n) is 9.52. The summed E-state index contributed by atoms with van der Waals surface area (Å²) in [4.78, 5) is 27.3. The van der Waals surface area contributed by atoms with Crippen molar-refractivity contribution in [3.05, 3.63) is 46.5 Å². The van der Waals surface area contributed by atoms with Crippen LogP contribution in [0.25, 0.3) is 16.4 Å². The normalized spacial score (nSPS) is 11.6. The molecule has 1 aromatic carbocycles. The van der Waals surface area contributed by atoms with Crippen LogP contribution >= 0.6 is 0 Å². The minimum absolute atomic E-state index is 0.0665. The number of benzene rings is 1. The standard InChI is InChI=1S/C20H27N5O2/c1-4-23(5-2)12-8-11-21-19(26)14-24-20(27)18-13-16-9-6-7-10-17(16)25(18)15(3)22-24/h6-7,9-10,13H,4-5,8,11-12,14H2,1-3H3,(H,21,26). The van der Waals surface area contributed by atoms with E-state index in [0.717, 1.165) is 37.0 Å². The van der Waals surface area contributed by atoms with Gasteiger partial charge in [-0.15, -0.1) is 0 Å². The van der Waals surface area contributed by atoms with Crippen LogP contribution in [0, 0.1) is 6.92 Å². The van der Waals surface area contributed by atoms with Crippen LogP contribution in [-0.2, 0) is 11.3 Å². The van der Waals surface area contributed by atoms with Crippen molar-refractivity contribution in [2.24, 2.45) is 0 Å². The molecule has 0 aliphatic rings. The van der Waals surface area contributed by atoms with E-state index in [0.29, 0.717) is 17.9 Å². The molecule has 1 amide bonds. The summed E-state index contributed by atoms with van der Waals surface area (Å²) in [6.07, 6.45) is 0.887. The van der Waals surface area contributed by atoms with E-state index in [1.165, 1.54) is 4.68 Å². The van der Waals surface area contributed by atoms with Gasteiger partial charge in [0.05, 0.1) is 5.52 Å².